The van der Waals surface area contributed by atoms with Crippen LogP contribution in [0.1, 0.15) is 6.92 Å². The van der Waals surface area contributed by atoms with Crippen LogP contribution < -0.4 is 10.4 Å². The van der Waals surface area contributed by atoms with Crippen molar-refractivity contribution < 1.29 is 9.15 Å². The molecule has 0 aliphatic carbocycles. The lowest BCUT2D eigenvalue weighted by atomic mass is 10.5. The van der Waals surface area contributed by atoms with Crippen molar-refractivity contribution in [1.29, 1.82) is 0 Å². The van der Waals surface area contributed by atoms with Gasteiger partial charge in [-0.05, 0) is 19.1 Å². The first-order valence-corrected chi connectivity index (χ1v) is 3.05. The van der Waals surface area contributed by atoms with Gasteiger partial charge in [-0.2, -0.15) is 0 Å². The van der Waals surface area contributed by atoms with E-state index >= 15 is 0 Å². The SMILES string of the molecule is CCOc1cccoc1=O. The molecule has 0 spiro atoms. The van der Waals surface area contributed by atoms with E-state index in [1.165, 1.54) is 6.26 Å². The van der Waals surface area contributed by atoms with Gasteiger partial charge >= 0.3 is 5.63 Å². The van der Waals surface area contributed by atoms with Crippen molar-refractivity contribution in [3.8, 4) is 5.75 Å². The van der Waals surface area contributed by atoms with Crippen LogP contribution in [0.4, 0.5) is 0 Å². The normalized spacial score (nSPS) is 9.30. The van der Waals surface area contributed by atoms with Gasteiger partial charge in [-0.1, -0.05) is 0 Å². The standard InChI is InChI=1S/C7H8O3/c1-2-9-6-4-3-5-10-7(6)8/h3-5H,2H2,1H3. The minimum Gasteiger partial charge on any atom is -0.487 e. The summed E-state index contributed by atoms with van der Waals surface area (Å²) in [5.74, 6) is 0.269. The van der Waals surface area contributed by atoms with Crippen LogP contribution in [-0.2, 0) is 0 Å². The third kappa shape index (κ3) is 1.37. The van der Waals surface area contributed by atoms with Gasteiger partial charge in [0.05, 0.1) is 12.9 Å². The number of rotatable bonds is 2. The zero-order valence-electron chi connectivity index (χ0n) is 5.66. The first kappa shape index (κ1) is 6.86. The first-order valence-electron chi connectivity index (χ1n) is 3.05. The van der Waals surface area contributed by atoms with Crippen LogP contribution in [0.3, 0.4) is 0 Å². The Hall–Kier alpha value is -1.25. The molecule has 1 heterocycles. The lowest BCUT2D eigenvalue weighted by molar-refractivity contribution is 0.317. The van der Waals surface area contributed by atoms with Gasteiger partial charge in [0, 0.05) is 0 Å². The summed E-state index contributed by atoms with van der Waals surface area (Å²) < 4.78 is 9.46. The molecular formula is C7H8O3. The molecule has 0 bridgehead atoms. The van der Waals surface area contributed by atoms with Gasteiger partial charge < -0.3 is 9.15 Å². The summed E-state index contributed by atoms with van der Waals surface area (Å²) in [6.07, 6.45) is 1.32. The van der Waals surface area contributed by atoms with E-state index in [0.29, 0.717) is 6.61 Å². The van der Waals surface area contributed by atoms with Crippen LogP contribution in [0.5, 0.6) is 5.75 Å². The molecule has 0 unspecified atom stereocenters. The fraction of sp³-hybridized carbons (Fsp3) is 0.286. The Labute approximate surface area is 58.2 Å². The lowest BCUT2D eigenvalue weighted by Gasteiger charge is -1.97. The molecule has 1 aromatic rings. The summed E-state index contributed by atoms with van der Waals surface area (Å²) in [7, 11) is 0. The third-order valence-corrected chi connectivity index (χ3v) is 1.00. The Morgan fingerprint density at radius 3 is 3.10 bits per heavy atom. The molecule has 3 heteroatoms. The zero-order valence-corrected chi connectivity index (χ0v) is 5.66. The van der Waals surface area contributed by atoms with Gasteiger partial charge in [0.15, 0.2) is 0 Å². The van der Waals surface area contributed by atoms with Crippen LogP contribution in [-0.4, -0.2) is 6.61 Å². The highest BCUT2D eigenvalue weighted by molar-refractivity contribution is 5.13. The summed E-state index contributed by atoms with van der Waals surface area (Å²) in [5.41, 5.74) is -0.427. The molecule has 0 aromatic carbocycles. The van der Waals surface area contributed by atoms with E-state index in [-0.39, 0.29) is 5.75 Å². The molecule has 0 atom stereocenters. The Bertz CT molecular complexity index is 251. The average molecular weight is 140 g/mol. The van der Waals surface area contributed by atoms with Gasteiger partial charge in [-0.3, -0.25) is 0 Å². The van der Waals surface area contributed by atoms with E-state index in [2.05, 4.69) is 4.42 Å². The first-order chi connectivity index (χ1) is 4.84. The predicted octanol–water partition coefficient (Wildman–Crippen LogP) is 1.04. The molecule has 0 aliphatic rings. The second-order valence-corrected chi connectivity index (χ2v) is 1.70. The molecular weight excluding hydrogens is 132 g/mol. The Morgan fingerprint density at radius 1 is 1.70 bits per heavy atom. The largest absolute Gasteiger partial charge is 0.487 e. The number of ether oxygens (including phenoxy) is 1. The summed E-state index contributed by atoms with van der Waals surface area (Å²) in [6.45, 7) is 2.29. The maximum atomic E-state index is 10.7. The topological polar surface area (TPSA) is 39.4 Å². The van der Waals surface area contributed by atoms with Crippen LogP contribution in [0, 0.1) is 0 Å². The van der Waals surface area contributed by atoms with Crippen LogP contribution in [0.2, 0.25) is 0 Å². The highest BCUT2D eigenvalue weighted by Gasteiger charge is 1.96. The van der Waals surface area contributed by atoms with Gasteiger partial charge in [0.2, 0.25) is 5.75 Å². The van der Waals surface area contributed by atoms with E-state index in [0.717, 1.165) is 0 Å². The molecule has 0 N–H and O–H groups in total. The molecule has 0 radical (unpaired) electrons. The third-order valence-electron chi connectivity index (χ3n) is 1.00. The van der Waals surface area contributed by atoms with Gasteiger partial charge in [-0.15, -0.1) is 0 Å². The molecule has 1 aromatic heterocycles. The van der Waals surface area contributed by atoms with Crippen molar-refractivity contribution >= 4 is 0 Å². The summed E-state index contributed by atoms with van der Waals surface area (Å²) >= 11 is 0. The molecule has 3 nitrogen and oxygen atoms in total. The Balaban J connectivity index is 2.92. The fourth-order valence-electron chi connectivity index (χ4n) is 0.616. The fourth-order valence-corrected chi connectivity index (χ4v) is 0.616. The molecule has 0 saturated carbocycles. The minimum absolute atomic E-state index is 0.269. The highest BCUT2D eigenvalue weighted by atomic mass is 16.5. The van der Waals surface area contributed by atoms with Crippen LogP contribution in [0.25, 0.3) is 0 Å². The predicted molar refractivity (Wildman–Crippen MR) is 36.1 cm³/mol. The van der Waals surface area contributed by atoms with E-state index in [1.807, 2.05) is 6.92 Å². The molecule has 0 fully saturated rings. The minimum atomic E-state index is -0.427. The van der Waals surface area contributed by atoms with Gasteiger partial charge in [-0.25, -0.2) is 4.79 Å². The molecule has 0 amide bonds. The highest BCUT2D eigenvalue weighted by Crippen LogP contribution is 1.99. The Morgan fingerprint density at radius 2 is 2.50 bits per heavy atom. The van der Waals surface area contributed by atoms with Crippen molar-refractivity contribution in [3.63, 3.8) is 0 Å². The van der Waals surface area contributed by atoms with Crippen LogP contribution in [0.15, 0.2) is 27.6 Å². The van der Waals surface area contributed by atoms with E-state index in [4.69, 9.17) is 4.74 Å². The average Bonchev–Trinajstić information content (AvgIpc) is 1.94. The monoisotopic (exact) mass is 140 g/mol. The number of hydrogen-bond acceptors (Lipinski definition) is 3. The van der Waals surface area contributed by atoms with Crippen molar-refractivity contribution in [2.75, 3.05) is 6.61 Å². The molecule has 54 valence electrons. The van der Waals surface area contributed by atoms with Crippen LogP contribution >= 0.6 is 0 Å². The van der Waals surface area contributed by atoms with Crippen molar-refractivity contribution in [2.24, 2.45) is 0 Å². The number of hydrogen-bond donors (Lipinski definition) is 0. The summed E-state index contributed by atoms with van der Waals surface area (Å²) in [6, 6.07) is 3.20. The zero-order chi connectivity index (χ0) is 7.40. The Kier molecular flexibility index (Phi) is 2.10. The maximum absolute atomic E-state index is 10.7. The molecule has 10 heavy (non-hydrogen) atoms. The van der Waals surface area contributed by atoms with Gasteiger partial charge in [0.25, 0.3) is 0 Å². The summed E-state index contributed by atoms with van der Waals surface area (Å²) in [5, 5.41) is 0. The quantitative estimate of drug-likeness (QED) is 0.616. The molecule has 0 saturated heterocycles. The van der Waals surface area contributed by atoms with Crippen molar-refractivity contribution in [2.45, 2.75) is 6.92 Å². The second kappa shape index (κ2) is 3.06. The van der Waals surface area contributed by atoms with Crippen molar-refractivity contribution in [1.82, 2.24) is 0 Å². The molecule has 0 aliphatic heterocycles. The lowest BCUT2D eigenvalue weighted by Crippen LogP contribution is -2.04. The molecule has 1 rings (SSSR count). The second-order valence-electron chi connectivity index (χ2n) is 1.70. The van der Waals surface area contributed by atoms with E-state index in [1.54, 1.807) is 12.1 Å². The smallest absolute Gasteiger partial charge is 0.378 e. The van der Waals surface area contributed by atoms with Crippen molar-refractivity contribution in [3.05, 3.63) is 28.8 Å². The summed E-state index contributed by atoms with van der Waals surface area (Å²) in [4.78, 5) is 10.7. The maximum Gasteiger partial charge on any atom is 0.378 e. The van der Waals surface area contributed by atoms with E-state index in [9.17, 15) is 4.79 Å². The van der Waals surface area contributed by atoms with E-state index < -0.39 is 5.63 Å². The van der Waals surface area contributed by atoms with Gasteiger partial charge in [0.1, 0.15) is 0 Å².